The van der Waals surface area contributed by atoms with Crippen molar-refractivity contribution in [2.75, 3.05) is 6.61 Å². The number of hydrogen-bond acceptors (Lipinski definition) is 5. The highest BCUT2D eigenvalue weighted by atomic mass is 19.1. The van der Waals surface area contributed by atoms with E-state index in [1.54, 1.807) is 12.3 Å². The average molecular weight is 350 g/mol. The van der Waals surface area contributed by atoms with E-state index in [1.807, 2.05) is 17.7 Å². The van der Waals surface area contributed by atoms with E-state index in [1.165, 1.54) is 12.3 Å². The molecule has 1 aliphatic heterocycles. The molecule has 0 radical (unpaired) electrons. The minimum atomic E-state index is -0.382. The van der Waals surface area contributed by atoms with Crippen LogP contribution in [-0.2, 0) is 6.54 Å². The molecule has 0 unspecified atom stereocenters. The summed E-state index contributed by atoms with van der Waals surface area (Å²) >= 11 is 0. The fourth-order valence-corrected chi connectivity index (χ4v) is 3.33. The molecule has 1 N–H and O–H groups in total. The first kappa shape index (κ1) is 15.0. The summed E-state index contributed by atoms with van der Waals surface area (Å²) in [6.07, 6.45) is 3.83. The summed E-state index contributed by atoms with van der Waals surface area (Å²) in [4.78, 5) is 8.70. The fourth-order valence-electron chi connectivity index (χ4n) is 3.33. The van der Waals surface area contributed by atoms with Gasteiger partial charge in [-0.25, -0.2) is 14.1 Å². The minimum absolute atomic E-state index is 0.382. The molecule has 0 aromatic carbocycles. The Morgan fingerprint density at radius 2 is 2.19 bits per heavy atom. The van der Waals surface area contributed by atoms with Gasteiger partial charge in [-0.2, -0.15) is 10.2 Å². The van der Waals surface area contributed by atoms with Gasteiger partial charge >= 0.3 is 0 Å². The van der Waals surface area contributed by atoms with Gasteiger partial charge in [0.25, 0.3) is 0 Å². The number of nitrogens with zero attached hydrogens (tertiary/aromatic N) is 5. The maximum Gasteiger partial charge on any atom is 0.220 e. The Kier molecular flexibility index (Phi) is 3.24. The summed E-state index contributed by atoms with van der Waals surface area (Å²) in [6.45, 7) is 3.33. The van der Waals surface area contributed by atoms with Gasteiger partial charge in [-0.15, -0.1) is 0 Å². The third kappa shape index (κ3) is 2.26. The monoisotopic (exact) mass is 350 g/mol. The molecule has 0 fully saturated rings. The molecule has 5 rings (SSSR count). The van der Waals surface area contributed by atoms with Gasteiger partial charge < -0.3 is 4.74 Å². The predicted octanol–water partition coefficient (Wildman–Crippen LogP) is 3.11. The second kappa shape index (κ2) is 5.62. The zero-order chi connectivity index (χ0) is 17.7. The van der Waals surface area contributed by atoms with Crippen LogP contribution >= 0.6 is 0 Å². The van der Waals surface area contributed by atoms with Crippen molar-refractivity contribution in [1.82, 2.24) is 29.9 Å². The van der Waals surface area contributed by atoms with Gasteiger partial charge in [-0.1, -0.05) is 0 Å². The summed E-state index contributed by atoms with van der Waals surface area (Å²) in [6, 6.07) is 5.00. The number of aromatic nitrogens is 6. The molecule has 0 atom stereocenters. The lowest BCUT2D eigenvalue weighted by Crippen LogP contribution is -2.14. The zero-order valence-corrected chi connectivity index (χ0v) is 14.0. The number of H-pyrrole nitrogens is 1. The van der Waals surface area contributed by atoms with Crippen LogP contribution in [0.2, 0.25) is 0 Å². The molecular formula is C18H15FN6O. The Bertz CT molecular complexity index is 1110. The summed E-state index contributed by atoms with van der Waals surface area (Å²) in [5.41, 5.74) is 4.57. The first-order chi connectivity index (χ1) is 12.7. The number of aryl methyl sites for hydroxylation is 2. The van der Waals surface area contributed by atoms with Crippen molar-refractivity contribution in [2.45, 2.75) is 19.9 Å². The number of pyridine rings is 2. The predicted molar refractivity (Wildman–Crippen MR) is 93.1 cm³/mol. The Labute approximate surface area is 147 Å². The molecule has 8 heteroatoms. The number of hydrogen-bond donors (Lipinski definition) is 1. The van der Waals surface area contributed by atoms with E-state index in [0.717, 1.165) is 35.2 Å². The van der Waals surface area contributed by atoms with Crippen LogP contribution in [0.15, 0.2) is 30.6 Å². The lowest BCUT2D eigenvalue weighted by atomic mass is 10.0. The van der Waals surface area contributed by atoms with Crippen molar-refractivity contribution in [3.05, 3.63) is 42.1 Å². The van der Waals surface area contributed by atoms with E-state index < -0.39 is 0 Å². The van der Waals surface area contributed by atoms with Crippen LogP contribution in [0.3, 0.4) is 0 Å². The van der Waals surface area contributed by atoms with Gasteiger partial charge in [-0.05, 0) is 25.1 Å². The van der Waals surface area contributed by atoms with Crippen molar-refractivity contribution in [3.63, 3.8) is 0 Å². The first-order valence-electron chi connectivity index (χ1n) is 8.37. The van der Waals surface area contributed by atoms with E-state index in [0.29, 0.717) is 29.5 Å². The van der Waals surface area contributed by atoms with Crippen molar-refractivity contribution in [3.8, 4) is 28.4 Å². The second-order valence-corrected chi connectivity index (χ2v) is 6.26. The number of nitrogens with one attached hydrogen (secondary N) is 1. The van der Waals surface area contributed by atoms with E-state index in [4.69, 9.17) is 9.84 Å². The molecule has 26 heavy (non-hydrogen) atoms. The smallest absolute Gasteiger partial charge is 0.220 e. The molecule has 0 aliphatic carbocycles. The van der Waals surface area contributed by atoms with E-state index in [-0.39, 0.29) is 5.82 Å². The van der Waals surface area contributed by atoms with Gasteiger partial charge in [0.1, 0.15) is 11.5 Å². The van der Waals surface area contributed by atoms with Crippen LogP contribution < -0.4 is 4.74 Å². The molecule has 1 aliphatic rings. The minimum Gasteiger partial charge on any atom is -0.477 e. The normalized spacial score (nSPS) is 13.6. The molecular weight excluding hydrogens is 335 g/mol. The maximum absolute atomic E-state index is 13.3. The van der Waals surface area contributed by atoms with Crippen LogP contribution in [0.25, 0.3) is 33.5 Å². The lowest BCUT2D eigenvalue weighted by molar-refractivity contribution is 0.231. The van der Waals surface area contributed by atoms with E-state index >= 15 is 0 Å². The van der Waals surface area contributed by atoms with Gasteiger partial charge in [-0.3, -0.25) is 10.1 Å². The fraction of sp³-hybridized carbons (Fsp3) is 0.222. The SMILES string of the molecule is Cc1cc(-c2c(-c3ccc(F)cn3)nn3c2OCCC3)c2cn[nH]c2n1. The molecule has 0 spiro atoms. The third-order valence-corrected chi connectivity index (χ3v) is 4.45. The molecule has 4 aromatic rings. The van der Waals surface area contributed by atoms with Gasteiger partial charge in [0.15, 0.2) is 5.65 Å². The molecule has 0 saturated heterocycles. The highest BCUT2D eigenvalue weighted by Crippen LogP contribution is 2.42. The number of aromatic amines is 1. The van der Waals surface area contributed by atoms with Crippen LogP contribution in [0.1, 0.15) is 12.1 Å². The summed E-state index contributed by atoms with van der Waals surface area (Å²) in [7, 11) is 0. The van der Waals surface area contributed by atoms with Crippen molar-refractivity contribution >= 4 is 11.0 Å². The van der Waals surface area contributed by atoms with Gasteiger partial charge in [0, 0.05) is 29.6 Å². The Hall–Kier alpha value is -3.29. The van der Waals surface area contributed by atoms with Gasteiger partial charge in [0.05, 0.1) is 30.3 Å². The topological polar surface area (TPSA) is 81.5 Å². The number of ether oxygens (including phenoxy) is 1. The average Bonchev–Trinajstić information content (AvgIpc) is 3.26. The van der Waals surface area contributed by atoms with Crippen molar-refractivity contribution in [2.24, 2.45) is 0 Å². The zero-order valence-electron chi connectivity index (χ0n) is 14.0. The molecule has 130 valence electrons. The van der Waals surface area contributed by atoms with E-state index in [2.05, 4.69) is 20.2 Å². The highest BCUT2D eigenvalue weighted by Gasteiger charge is 2.27. The lowest BCUT2D eigenvalue weighted by Gasteiger charge is -2.16. The molecule has 7 nitrogen and oxygen atoms in total. The van der Waals surface area contributed by atoms with Crippen LogP contribution in [0.5, 0.6) is 5.88 Å². The van der Waals surface area contributed by atoms with Gasteiger partial charge in [0.2, 0.25) is 5.88 Å². The van der Waals surface area contributed by atoms with Crippen LogP contribution in [0, 0.1) is 12.7 Å². The van der Waals surface area contributed by atoms with Crippen molar-refractivity contribution < 1.29 is 9.13 Å². The van der Waals surface area contributed by atoms with Crippen molar-refractivity contribution in [1.29, 1.82) is 0 Å². The maximum atomic E-state index is 13.3. The first-order valence-corrected chi connectivity index (χ1v) is 8.37. The summed E-state index contributed by atoms with van der Waals surface area (Å²) in [5, 5.41) is 12.6. The van der Waals surface area contributed by atoms with Crippen LogP contribution in [0.4, 0.5) is 4.39 Å². The Balaban J connectivity index is 1.83. The standard InChI is InChI=1S/C18H15FN6O/c1-10-7-12(13-9-21-23-17(13)22-10)15-16(14-4-3-11(19)8-20-14)24-25-5-2-6-26-18(15)25/h3-4,7-9H,2,5-6H2,1H3,(H,21,22,23). The number of rotatable bonds is 2. The molecule has 0 amide bonds. The summed E-state index contributed by atoms with van der Waals surface area (Å²) in [5.74, 6) is 0.318. The number of halogens is 1. The van der Waals surface area contributed by atoms with E-state index in [9.17, 15) is 4.39 Å². The molecule has 0 saturated carbocycles. The molecule has 0 bridgehead atoms. The summed E-state index contributed by atoms with van der Waals surface area (Å²) < 4.78 is 21.1. The highest BCUT2D eigenvalue weighted by molar-refractivity contribution is 5.98. The molecule has 5 heterocycles. The quantitative estimate of drug-likeness (QED) is 0.601. The largest absolute Gasteiger partial charge is 0.477 e. The number of fused-ring (bicyclic) bond motifs is 2. The second-order valence-electron chi connectivity index (χ2n) is 6.26. The Morgan fingerprint density at radius 3 is 3.04 bits per heavy atom. The van der Waals surface area contributed by atoms with Crippen LogP contribution in [-0.4, -0.2) is 36.6 Å². The third-order valence-electron chi connectivity index (χ3n) is 4.45. The Morgan fingerprint density at radius 1 is 1.27 bits per heavy atom. The molecule has 4 aromatic heterocycles.